The lowest BCUT2D eigenvalue weighted by Gasteiger charge is -2.15. The molecule has 21 heavy (non-hydrogen) atoms. The molecule has 2 aromatic carbocycles. The number of hydrogen-bond acceptors (Lipinski definition) is 3. The highest BCUT2D eigenvalue weighted by molar-refractivity contribution is 5.82. The minimum absolute atomic E-state index is 0.0202. The molecule has 110 valence electrons. The van der Waals surface area contributed by atoms with Crippen molar-refractivity contribution in [2.45, 2.75) is 19.3 Å². The van der Waals surface area contributed by atoms with Crippen LogP contribution >= 0.6 is 0 Å². The van der Waals surface area contributed by atoms with E-state index < -0.39 is 6.10 Å². The van der Waals surface area contributed by atoms with E-state index in [4.69, 9.17) is 9.84 Å². The Morgan fingerprint density at radius 2 is 1.71 bits per heavy atom. The summed E-state index contributed by atoms with van der Waals surface area (Å²) in [5, 5.41) is 11.9. The van der Waals surface area contributed by atoms with Gasteiger partial charge in [0.05, 0.1) is 6.61 Å². The lowest BCUT2D eigenvalue weighted by atomic mass is 10.1. The van der Waals surface area contributed by atoms with Crippen molar-refractivity contribution >= 4 is 5.91 Å². The number of carbonyl (C=O) groups is 1. The Hall–Kier alpha value is -2.17. The van der Waals surface area contributed by atoms with E-state index in [1.807, 2.05) is 54.6 Å². The third kappa shape index (κ3) is 4.15. The van der Waals surface area contributed by atoms with Crippen molar-refractivity contribution in [3.8, 4) is 0 Å². The molecule has 1 amide bonds. The predicted molar refractivity (Wildman–Crippen MR) is 80.4 cm³/mol. The minimum atomic E-state index is -0.608. The second-order valence-electron chi connectivity index (χ2n) is 4.72. The number of hydrogen-bond donors (Lipinski definition) is 2. The highest BCUT2D eigenvalue weighted by atomic mass is 16.5. The zero-order valence-electron chi connectivity index (χ0n) is 12.0. The van der Waals surface area contributed by atoms with Crippen LogP contribution in [0.15, 0.2) is 54.6 Å². The number of methoxy groups -OCH3 is 1. The molecule has 0 fully saturated rings. The first-order chi connectivity index (χ1) is 10.2. The number of ether oxygens (including phenoxy) is 1. The van der Waals surface area contributed by atoms with Crippen LogP contribution < -0.4 is 5.32 Å². The van der Waals surface area contributed by atoms with Crippen molar-refractivity contribution in [3.63, 3.8) is 0 Å². The third-order valence-corrected chi connectivity index (χ3v) is 3.25. The molecule has 0 spiro atoms. The molecule has 1 atom stereocenters. The van der Waals surface area contributed by atoms with E-state index in [1.54, 1.807) is 0 Å². The highest BCUT2D eigenvalue weighted by Gasteiger charge is 2.19. The molecule has 2 N–H and O–H groups in total. The van der Waals surface area contributed by atoms with Crippen molar-refractivity contribution in [3.05, 3.63) is 71.3 Å². The summed E-state index contributed by atoms with van der Waals surface area (Å²) < 4.78 is 5.28. The van der Waals surface area contributed by atoms with Gasteiger partial charge >= 0.3 is 0 Å². The van der Waals surface area contributed by atoms with Gasteiger partial charge < -0.3 is 15.2 Å². The molecule has 0 aliphatic carbocycles. The van der Waals surface area contributed by atoms with Crippen molar-refractivity contribution in [1.82, 2.24) is 5.32 Å². The first-order valence-electron chi connectivity index (χ1n) is 6.78. The van der Waals surface area contributed by atoms with Crippen molar-refractivity contribution in [1.29, 1.82) is 0 Å². The first kappa shape index (κ1) is 15.2. The second-order valence-corrected chi connectivity index (χ2v) is 4.72. The third-order valence-electron chi connectivity index (χ3n) is 3.25. The topological polar surface area (TPSA) is 58.6 Å². The molecule has 0 radical (unpaired) electrons. The lowest BCUT2D eigenvalue weighted by Crippen LogP contribution is -2.29. The quantitative estimate of drug-likeness (QED) is 0.855. The largest absolute Gasteiger partial charge is 0.392 e. The Morgan fingerprint density at radius 3 is 2.29 bits per heavy atom. The van der Waals surface area contributed by atoms with Gasteiger partial charge in [-0.25, -0.2) is 0 Å². The molecule has 0 heterocycles. The molecule has 0 saturated heterocycles. The van der Waals surface area contributed by atoms with Gasteiger partial charge in [0.15, 0.2) is 6.10 Å². The van der Waals surface area contributed by atoms with Crippen LogP contribution in [-0.4, -0.2) is 18.1 Å². The van der Waals surface area contributed by atoms with Crippen LogP contribution in [0.3, 0.4) is 0 Å². The van der Waals surface area contributed by atoms with Gasteiger partial charge in [-0.1, -0.05) is 54.6 Å². The molecule has 0 aromatic heterocycles. The van der Waals surface area contributed by atoms with E-state index in [2.05, 4.69) is 5.32 Å². The van der Waals surface area contributed by atoms with Crippen molar-refractivity contribution in [2.24, 2.45) is 0 Å². The number of benzene rings is 2. The molecule has 2 aromatic rings. The fourth-order valence-electron chi connectivity index (χ4n) is 2.07. The van der Waals surface area contributed by atoms with Crippen LogP contribution in [-0.2, 0) is 22.7 Å². The SMILES string of the molecule is COC(C(=O)NCc1ccc(CO)cc1)c1ccccc1. The van der Waals surface area contributed by atoms with E-state index in [-0.39, 0.29) is 12.5 Å². The van der Waals surface area contributed by atoms with Gasteiger partial charge in [0, 0.05) is 13.7 Å². The van der Waals surface area contributed by atoms with Crippen LogP contribution in [0.1, 0.15) is 22.8 Å². The maximum atomic E-state index is 12.2. The lowest BCUT2D eigenvalue weighted by molar-refractivity contribution is -0.131. The molecular formula is C17H19NO3. The normalized spacial score (nSPS) is 11.9. The smallest absolute Gasteiger partial charge is 0.254 e. The molecule has 0 aliphatic heterocycles. The van der Waals surface area contributed by atoms with Crippen LogP contribution in [0, 0.1) is 0 Å². The van der Waals surface area contributed by atoms with E-state index in [0.717, 1.165) is 16.7 Å². The Labute approximate surface area is 124 Å². The Bertz CT molecular complexity index is 566. The Balaban J connectivity index is 1.96. The van der Waals surface area contributed by atoms with Gasteiger partial charge in [-0.15, -0.1) is 0 Å². The molecule has 0 aliphatic rings. The molecule has 2 rings (SSSR count). The summed E-state index contributed by atoms with van der Waals surface area (Å²) in [6.45, 7) is 0.448. The fourth-order valence-corrected chi connectivity index (χ4v) is 2.07. The summed E-state index contributed by atoms with van der Waals surface area (Å²) in [6, 6.07) is 16.8. The fraction of sp³-hybridized carbons (Fsp3) is 0.235. The van der Waals surface area contributed by atoms with Gasteiger partial charge in [-0.05, 0) is 16.7 Å². The summed E-state index contributed by atoms with van der Waals surface area (Å²) in [4.78, 5) is 12.2. The van der Waals surface area contributed by atoms with Gasteiger partial charge in [-0.3, -0.25) is 4.79 Å². The standard InChI is InChI=1S/C17H19NO3/c1-21-16(15-5-3-2-4-6-15)17(20)18-11-13-7-9-14(12-19)10-8-13/h2-10,16,19H,11-12H2,1H3,(H,18,20). The van der Waals surface area contributed by atoms with Gasteiger partial charge in [0.1, 0.15) is 0 Å². The molecule has 0 saturated carbocycles. The predicted octanol–water partition coefficient (Wildman–Crippen LogP) is 2.18. The van der Waals surface area contributed by atoms with Gasteiger partial charge in [0.2, 0.25) is 0 Å². The van der Waals surface area contributed by atoms with Crippen LogP contribution in [0.25, 0.3) is 0 Å². The number of aliphatic hydroxyl groups excluding tert-OH is 1. The maximum Gasteiger partial charge on any atom is 0.254 e. The van der Waals surface area contributed by atoms with E-state index in [1.165, 1.54) is 7.11 Å². The van der Waals surface area contributed by atoms with Crippen LogP contribution in [0.4, 0.5) is 0 Å². The summed E-state index contributed by atoms with van der Waals surface area (Å²) in [5.74, 6) is -0.171. The van der Waals surface area contributed by atoms with Crippen LogP contribution in [0.5, 0.6) is 0 Å². The first-order valence-corrected chi connectivity index (χ1v) is 6.78. The number of amides is 1. The minimum Gasteiger partial charge on any atom is -0.392 e. The highest BCUT2D eigenvalue weighted by Crippen LogP contribution is 2.16. The maximum absolute atomic E-state index is 12.2. The van der Waals surface area contributed by atoms with Crippen molar-refractivity contribution in [2.75, 3.05) is 7.11 Å². The summed E-state index contributed by atoms with van der Waals surface area (Å²) in [6.07, 6.45) is -0.608. The molecule has 1 unspecified atom stereocenters. The Kier molecular flexibility index (Phi) is 5.49. The number of nitrogens with one attached hydrogen (secondary N) is 1. The zero-order valence-corrected chi connectivity index (χ0v) is 12.0. The van der Waals surface area contributed by atoms with Gasteiger partial charge in [0.25, 0.3) is 5.91 Å². The van der Waals surface area contributed by atoms with Gasteiger partial charge in [-0.2, -0.15) is 0 Å². The molecular weight excluding hydrogens is 266 g/mol. The van der Waals surface area contributed by atoms with E-state index in [9.17, 15) is 4.79 Å². The van der Waals surface area contributed by atoms with E-state index >= 15 is 0 Å². The molecule has 0 bridgehead atoms. The average molecular weight is 285 g/mol. The van der Waals surface area contributed by atoms with Crippen LogP contribution in [0.2, 0.25) is 0 Å². The van der Waals surface area contributed by atoms with Crippen molar-refractivity contribution < 1.29 is 14.6 Å². The average Bonchev–Trinajstić information content (AvgIpc) is 2.55. The summed E-state index contributed by atoms with van der Waals surface area (Å²) in [7, 11) is 1.52. The summed E-state index contributed by atoms with van der Waals surface area (Å²) >= 11 is 0. The monoisotopic (exact) mass is 285 g/mol. The summed E-state index contributed by atoms with van der Waals surface area (Å²) in [5.41, 5.74) is 2.65. The van der Waals surface area contributed by atoms with E-state index in [0.29, 0.717) is 6.54 Å². The molecule has 4 heteroatoms. The zero-order chi connectivity index (χ0) is 15.1. The second kappa shape index (κ2) is 7.57. The number of aliphatic hydroxyl groups is 1. The number of rotatable bonds is 6. The number of carbonyl (C=O) groups excluding carboxylic acids is 1. The Morgan fingerprint density at radius 1 is 1.10 bits per heavy atom. The molecule has 4 nitrogen and oxygen atoms in total.